The first-order valence-corrected chi connectivity index (χ1v) is 9.10. The minimum Gasteiger partial charge on any atom is -0.493 e. The van der Waals surface area contributed by atoms with Crippen molar-refractivity contribution in [3.63, 3.8) is 0 Å². The van der Waals surface area contributed by atoms with E-state index in [9.17, 15) is 0 Å². The van der Waals surface area contributed by atoms with Crippen LogP contribution in [0.5, 0.6) is 11.5 Å². The van der Waals surface area contributed by atoms with Gasteiger partial charge in [-0.1, -0.05) is 31.2 Å². The third-order valence-corrected chi connectivity index (χ3v) is 4.07. The highest BCUT2D eigenvalue weighted by Crippen LogP contribution is 2.37. The van der Waals surface area contributed by atoms with Crippen molar-refractivity contribution in [1.82, 2.24) is 0 Å². The third kappa shape index (κ3) is 4.78. The molecule has 0 aromatic heterocycles. The number of alkyl halides is 1. The molecule has 0 saturated heterocycles. The lowest BCUT2D eigenvalue weighted by molar-refractivity contribution is 0.242. The van der Waals surface area contributed by atoms with E-state index in [1.54, 1.807) is 0 Å². The molecule has 0 radical (unpaired) electrons. The minimum atomic E-state index is 0.158. The summed E-state index contributed by atoms with van der Waals surface area (Å²) in [7, 11) is 0. The molecule has 0 aliphatic carbocycles. The largest absolute Gasteiger partial charge is 0.493 e. The van der Waals surface area contributed by atoms with Gasteiger partial charge in [0.05, 0.1) is 12.7 Å². The molecular weight excluding hydrogens is 308 g/mol. The maximum Gasteiger partial charge on any atom is 0.130 e. The smallest absolute Gasteiger partial charge is 0.130 e. The Hall–Kier alpha value is -1.41. The Balaban J connectivity index is 2.30. The number of halogens is 1. The Bertz CT molecular complexity index is 622. The van der Waals surface area contributed by atoms with Crippen molar-refractivity contribution in [1.29, 1.82) is 0 Å². The molecule has 2 aromatic carbocycles. The van der Waals surface area contributed by atoms with Crippen LogP contribution < -0.4 is 9.47 Å². The first kappa shape index (κ1) is 17.9. The molecule has 0 saturated carbocycles. The first-order valence-electron chi connectivity index (χ1n) is 8.57. The van der Waals surface area contributed by atoms with Gasteiger partial charge in [0.25, 0.3) is 0 Å². The fourth-order valence-corrected chi connectivity index (χ4v) is 2.87. The average Bonchev–Trinajstić information content (AvgIpc) is 2.55. The van der Waals surface area contributed by atoms with Crippen LogP contribution in [-0.2, 0) is 6.42 Å². The van der Waals surface area contributed by atoms with Gasteiger partial charge in [-0.3, -0.25) is 0 Å². The molecule has 2 rings (SSSR count). The van der Waals surface area contributed by atoms with E-state index in [2.05, 4.69) is 45.0 Å². The SMILES string of the molecule is CCc1cc(OCCCCCCl)c2ccccc2c1OC(C)C. The molecule has 0 fully saturated rings. The van der Waals surface area contributed by atoms with E-state index in [0.29, 0.717) is 0 Å². The number of hydrogen-bond donors (Lipinski definition) is 0. The maximum absolute atomic E-state index is 6.09. The van der Waals surface area contributed by atoms with Crippen LogP contribution in [0.15, 0.2) is 30.3 Å². The topological polar surface area (TPSA) is 18.5 Å². The van der Waals surface area contributed by atoms with Crippen molar-refractivity contribution in [2.75, 3.05) is 12.5 Å². The Labute approximate surface area is 144 Å². The molecule has 2 nitrogen and oxygen atoms in total. The van der Waals surface area contributed by atoms with Crippen molar-refractivity contribution in [3.8, 4) is 11.5 Å². The molecule has 3 heteroatoms. The lowest BCUT2D eigenvalue weighted by Crippen LogP contribution is -2.08. The van der Waals surface area contributed by atoms with E-state index in [0.717, 1.165) is 60.4 Å². The van der Waals surface area contributed by atoms with E-state index >= 15 is 0 Å². The van der Waals surface area contributed by atoms with Crippen LogP contribution >= 0.6 is 11.6 Å². The average molecular weight is 335 g/mol. The number of ether oxygens (including phenoxy) is 2. The molecule has 0 heterocycles. The molecule has 0 aliphatic heterocycles. The molecule has 2 aromatic rings. The summed E-state index contributed by atoms with van der Waals surface area (Å²) in [5.74, 6) is 2.68. The standard InChI is InChI=1S/C20H27ClO2/c1-4-16-14-19(22-13-9-5-8-12-21)17-10-6-7-11-18(17)20(16)23-15(2)3/h6-7,10-11,14-15H,4-5,8-9,12-13H2,1-3H3. The molecule has 0 N–H and O–H groups in total. The second kappa shape index (κ2) is 9.02. The molecule has 0 unspecified atom stereocenters. The second-order valence-electron chi connectivity index (χ2n) is 6.03. The van der Waals surface area contributed by atoms with Crippen molar-refractivity contribution >= 4 is 22.4 Å². The number of unbranched alkanes of at least 4 members (excludes halogenated alkanes) is 2. The van der Waals surface area contributed by atoms with E-state index in [4.69, 9.17) is 21.1 Å². The van der Waals surface area contributed by atoms with Gasteiger partial charge in [-0.15, -0.1) is 11.6 Å². The Morgan fingerprint density at radius 2 is 1.78 bits per heavy atom. The maximum atomic E-state index is 6.09. The molecule has 0 bridgehead atoms. The summed E-state index contributed by atoms with van der Waals surface area (Å²) >= 11 is 5.72. The van der Waals surface area contributed by atoms with Gasteiger partial charge >= 0.3 is 0 Å². The number of fused-ring (bicyclic) bond motifs is 1. The summed E-state index contributed by atoms with van der Waals surface area (Å²) in [5.41, 5.74) is 1.20. The lowest BCUT2D eigenvalue weighted by atomic mass is 10.0. The van der Waals surface area contributed by atoms with Gasteiger partial charge in [-0.25, -0.2) is 0 Å². The summed E-state index contributed by atoms with van der Waals surface area (Å²) in [6.07, 6.45) is 4.28. The highest BCUT2D eigenvalue weighted by molar-refractivity contribution is 6.17. The molecule has 0 amide bonds. The Morgan fingerprint density at radius 1 is 1.04 bits per heavy atom. The number of benzene rings is 2. The highest BCUT2D eigenvalue weighted by Gasteiger charge is 2.14. The van der Waals surface area contributed by atoms with Gasteiger partial charge < -0.3 is 9.47 Å². The third-order valence-electron chi connectivity index (χ3n) is 3.80. The van der Waals surface area contributed by atoms with Crippen LogP contribution in [0.3, 0.4) is 0 Å². The van der Waals surface area contributed by atoms with Crippen LogP contribution in [0, 0.1) is 0 Å². The number of rotatable bonds is 9. The van der Waals surface area contributed by atoms with Crippen molar-refractivity contribution in [2.45, 2.75) is 52.6 Å². The first-order chi connectivity index (χ1) is 11.2. The van der Waals surface area contributed by atoms with Gasteiger partial charge in [-0.2, -0.15) is 0 Å². The zero-order valence-corrected chi connectivity index (χ0v) is 15.2. The molecule has 0 aliphatic rings. The van der Waals surface area contributed by atoms with Gasteiger partial charge in [0.15, 0.2) is 0 Å². The highest BCUT2D eigenvalue weighted by atomic mass is 35.5. The Kier molecular flexibility index (Phi) is 7.04. The zero-order chi connectivity index (χ0) is 16.7. The molecule has 0 spiro atoms. The van der Waals surface area contributed by atoms with Gasteiger partial charge in [0, 0.05) is 16.7 Å². The number of aryl methyl sites for hydroxylation is 1. The predicted molar refractivity (Wildman–Crippen MR) is 99.2 cm³/mol. The summed E-state index contributed by atoms with van der Waals surface area (Å²) in [5, 5.41) is 2.26. The van der Waals surface area contributed by atoms with E-state index in [1.807, 2.05) is 6.07 Å². The quantitative estimate of drug-likeness (QED) is 0.415. The lowest BCUT2D eigenvalue weighted by Gasteiger charge is -2.19. The van der Waals surface area contributed by atoms with E-state index in [-0.39, 0.29) is 6.10 Å². The van der Waals surface area contributed by atoms with Crippen molar-refractivity contribution < 1.29 is 9.47 Å². The normalized spacial score (nSPS) is 11.2. The summed E-state index contributed by atoms with van der Waals surface area (Å²) in [6, 6.07) is 10.5. The molecule has 23 heavy (non-hydrogen) atoms. The minimum absolute atomic E-state index is 0.158. The molecule has 0 atom stereocenters. The predicted octanol–water partition coefficient (Wildman–Crippen LogP) is 5.98. The van der Waals surface area contributed by atoms with Gasteiger partial charge in [0.2, 0.25) is 0 Å². The van der Waals surface area contributed by atoms with E-state index in [1.165, 1.54) is 5.56 Å². The Morgan fingerprint density at radius 3 is 2.43 bits per heavy atom. The van der Waals surface area contributed by atoms with Gasteiger partial charge in [-0.05, 0) is 51.2 Å². The monoisotopic (exact) mass is 334 g/mol. The van der Waals surface area contributed by atoms with E-state index < -0.39 is 0 Å². The van der Waals surface area contributed by atoms with Crippen molar-refractivity contribution in [2.24, 2.45) is 0 Å². The van der Waals surface area contributed by atoms with Crippen molar-refractivity contribution in [3.05, 3.63) is 35.9 Å². The van der Waals surface area contributed by atoms with Crippen LogP contribution in [0.25, 0.3) is 10.8 Å². The molecular formula is C20H27ClO2. The van der Waals surface area contributed by atoms with Crippen LogP contribution in [0.4, 0.5) is 0 Å². The fourth-order valence-electron chi connectivity index (χ4n) is 2.68. The summed E-state index contributed by atoms with van der Waals surface area (Å²) in [6.45, 7) is 7.01. The van der Waals surface area contributed by atoms with Gasteiger partial charge in [0.1, 0.15) is 11.5 Å². The fraction of sp³-hybridized carbons (Fsp3) is 0.500. The summed E-state index contributed by atoms with van der Waals surface area (Å²) < 4.78 is 12.2. The number of hydrogen-bond acceptors (Lipinski definition) is 2. The zero-order valence-electron chi connectivity index (χ0n) is 14.4. The van der Waals surface area contributed by atoms with Crippen LogP contribution in [0.1, 0.15) is 45.6 Å². The van der Waals surface area contributed by atoms with Crippen LogP contribution in [-0.4, -0.2) is 18.6 Å². The van der Waals surface area contributed by atoms with Crippen LogP contribution in [0.2, 0.25) is 0 Å². The molecule has 126 valence electrons. The summed E-state index contributed by atoms with van der Waals surface area (Å²) in [4.78, 5) is 0. The second-order valence-corrected chi connectivity index (χ2v) is 6.40.